The third kappa shape index (κ3) is 4.16. The van der Waals surface area contributed by atoms with Gasteiger partial charge in [0.15, 0.2) is 5.82 Å². The molecule has 0 amide bonds. The highest BCUT2D eigenvalue weighted by molar-refractivity contribution is 9.10. The summed E-state index contributed by atoms with van der Waals surface area (Å²) in [6.07, 6.45) is 1.62. The van der Waals surface area contributed by atoms with Crippen LogP contribution in [0.3, 0.4) is 0 Å². The number of halogens is 1. The third-order valence-corrected chi connectivity index (χ3v) is 3.28. The standard InChI is InChI=1S/C14H18BrN5/c1-9(2)7-16-13-8-17-20-14(19-13)18-12-5-4-10(3)6-11(12)15/h4-6,8-9H,7H2,1-3H3,(H2,16,18,19,20). The Labute approximate surface area is 127 Å². The van der Waals surface area contributed by atoms with Gasteiger partial charge in [0.2, 0.25) is 5.95 Å². The van der Waals surface area contributed by atoms with Crippen LogP contribution in [-0.2, 0) is 0 Å². The van der Waals surface area contributed by atoms with Crippen molar-refractivity contribution in [3.05, 3.63) is 34.4 Å². The lowest BCUT2D eigenvalue weighted by Crippen LogP contribution is -2.11. The van der Waals surface area contributed by atoms with Crippen molar-refractivity contribution >= 4 is 33.4 Å². The van der Waals surface area contributed by atoms with Gasteiger partial charge in [-0.25, -0.2) is 0 Å². The monoisotopic (exact) mass is 335 g/mol. The Bertz CT molecular complexity index is 586. The molecule has 20 heavy (non-hydrogen) atoms. The predicted molar refractivity (Wildman–Crippen MR) is 85.3 cm³/mol. The van der Waals surface area contributed by atoms with Gasteiger partial charge < -0.3 is 10.6 Å². The second-order valence-corrected chi connectivity index (χ2v) is 5.90. The summed E-state index contributed by atoms with van der Waals surface area (Å²) in [5, 5.41) is 14.3. The minimum Gasteiger partial charge on any atom is -0.368 e. The summed E-state index contributed by atoms with van der Waals surface area (Å²) in [5.74, 6) is 1.75. The van der Waals surface area contributed by atoms with E-state index >= 15 is 0 Å². The van der Waals surface area contributed by atoms with Crippen LogP contribution in [0.5, 0.6) is 0 Å². The normalized spacial score (nSPS) is 10.7. The lowest BCUT2D eigenvalue weighted by molar-refractivity contribution is 0.686. The van der Waals surface area contributed by atoms with Crippen LogP contribution >= 0.6 is 15.9 Å². The van der Waals surface area contributed by atoms with E-state index in [1.165, 1.54) is 5.56 Å². The molecular weight excluding hydrogens is 318 g/mol. The molecule has 1 aromatic heterocycles. The van der Waals surface area contributed by atoms with E-state index in [-0.39, 0.29) is 0 Å². The molecule has 0 unspecified atom stereocenters. The first-order chi connectivity index (χ1) is 9.54. The van der Waals surface area contributed by atoms with Crippen molar-refractivity contribution in [2.45, 2.75) is 20.8 Å². The van der Waals surface area contributed by atoms with Gasteiger partial charge in [0, 0.05) is 11.0 Å². The topological polar surface area (TPSA) is 62.7 Å². The van der Waals surface area contributed by atoms with Gasteiger partial charge in [-0.15, -0.1) is 5.10 Å². The number of aryl methyl sites for hydroxylation is 1. The van der Waals surface area contributed by atoms with Crippen molar-refractivity contribution in [3.63, 3.8) is 0 Å². The van der Waals surface area contributed by atoms with Crippen LogP contribution in [0.4, 0.5) is 17.5 Å². The Hall–Kier alpha value is -1.69. The quantitative estimate of drug-likeness (QED) is 0.871. The number of hydrogen-bond acceptors (Lipinski definition) is 5. The van der Waals surface area contributed by atoms with Gasteiger partial charge >= 0.3 is 0 Å². The van der Waals surface area contributed by atoms with E-state index in [2.05, 4.69) is 55.6 Å². The maximum atomic E-state index is 4.39. The molecule has 0 aliphatic heterocycles. The zero-order valence-electron chi connectivity index (χ0n) is 11.8. The van der Waals surface area contributed by atoms with Crippen LogP contribution in [-0.4, -0.2) is 21.7 Å². The van der Waals surface area contributed by atoms with Crippen LogP contribution in [0.1, 0.15) is 19.4 Å². The first-order valence-electron chi connectivity index (χ1n) is 6.51. The average molecular weight is 336 g/mol. The summed E-state index contributed by atoms with van der Waals surface area (Å²) in [4.78, 5) is 4.39. The summed E-state index contributed by atoms with van der Waals surface area (Å²) in [5.41, 5.74) is 2.10. The molecule has 0 spiro atoms. The molecule has 0 atom stereocenters. The molecule has 1 aromatic carbocycles. The highest BCUT2D eigenvalue weighted by Crippen LogP contribution is 2.25. The zero-order valence-corrected chi connectivity index (χ0v) is 13.4. The molecule has 5 nitrogen and oxygen atoms in total. The molecule has 0 bridgehead atoms. The molecule has 106 valence electrons. The summed E-state index contributed by atoms with van der Waals surface area (Å²) < 4.78 is 0.974. The third-order valence-electron chi connectivity index (χ3n) is 2.62. The lowest BCUT2D eigenvalue weighted by Gasteiger charge is -2.10. The van der Waals surface area contributed by atoms with Crippen LogP contribution in [0.2, 0.25) is 0 Å². The van der Waals surface area contributed by atoms with Gasteiger partial charge in [-0.1, -0.05) is 19.9 Å². The van der Waals surface area contributed by atoms with Crippen molar-refractivity contribution in [2.24, 2.45) is 5.92 Å². The van der Waals surface area contributed by atoms with Crippen molar-refractivity contribution in [2.75, 3.05) is 17.2 Å². The Morgan fingerprint density at radius 3 is 2.80 bits per heavy atom. The van der Waals surface area contributed by atoms with E-state index in [4.69, 9.17) is 0 Å². The summed E-state index contributed by atoms with van der Waals surface area (Å²) in [7, 11) is 0. The van der Waals surface area contributed by atoms with E-state index in [1.807, 2.05) is 25.1 Å². The number of rotatable bonds is 5. The largest absolute Gasteiger partial charge is 0.368 e. The number of nitrogens with zero attached hydrogens (tertiary/aromatic N) is 3. The Kier molecular flexibility index (Phi) is 4.89. The second-order valence-electron chi connectivity index (χ2n) is 5.05. The Balaban J connectivity index is 2.11. The van der Waals surface area contributed by atoms with E-state index in [1.54, 1.807) is 6.20 Å². The van der Waals surface area contributed by atoms with Crippen molar-refractivity contribution < 1.29 is 0 Å². The molecule has 6 heteroatoms. The molecule has 2 aromatic rings. The van der Waals surface area contributed by atoms with Crippen LogP contribution in [0.15, 0.2) is 28.9 Å². The van der Waals surface area contributed by atoms with Crippen LogP contribution in [0.25, 0.3) is 0 Å². The number of nitrogens with one attached hydrogen (secondary N) is 2. The number of benzene rings is 1. The maximum absolute atomic E-state index is 4.39. The van der Waals surface area contributed by atoms with E-state index < -0.39 is 0 Å². The minimum absolute atomic E-state index is 0.475. The molecule has 0 saturated heterocycles. The Morgan fingerprint density at radius 2 is 2.10 bits per heavy atom. The highest BCUT2D eigenvalue weighted by atomic mass is 79.9. The lowest BCUT2D eigenvalue weighted by atomic mass is 10.2. The summed E-state index contributed by atoms with van der Waals surface area (Å²) >= 11 is 3.52. The van der Waals surface area contributed by atoms with Gasteiger partial charge in [-0.05, 0) is 46.5 Å². The van der Waals surface area contributed by atoms with Crippen LogP contribution in [0, 0.1) is 12.8 Å². The Morgan fingerprint density at radius 1 is 1.30 bits per heavy atom. The smallest absolute Gasteiger partial charge is 0.249 e. The second kappa shape index (κ2) is 6.65. The first-order valence-corrected chi connectivity index (χ1v) is 7.30. The van der Waals surface area contributed by atoms with Gasteiger partial charge in [0.25, 0.3) is 0 Å². The molecule has 0 radical (unpaired) electrons. The number of anilines is 3. The molecule has 0 aliphatic carbocycles. The van der Waals surface area contributed by atoms with E-state index in [0.29, 0.717) is 11.9 Å². The summed E-state index contributed by atoms with van der Waals surface area (Å²) in [6.45, 7) is 7.18. The molecule has 0 aliphatic rings. The van der Waals surface area contributed by atoms with Gasteiger partial charge in [-0.2, -0.15) is 10.1 Å². The molecule has 0 fully saturated rings. The van der Waals surface area contributed by atoms with Crippen molar-refractivity contribution in [1.82, 2.24) is 15.2 Å². The van der Waals surface area contributed by atoms with Gasteiger partial charge in [0.1, 0.15) is 0 Å². The fourth-order valence-corrected chi connectivity index (χ4v) is 2.18. The molecule has 1 heterocycles. The van der Waals surface area contributed by atoms with E-state index in [9.17, 15) is 0 Å². The first kappa shape index (κ1) is 14.7. The fourth-order valence-electron chi connectivity index (χ4n) is 1.59. The van der Waals surface area contributed by atoms with E-state index in [0.717, 1.165) is 22.5 Å². The summed E-state index contributed by atoms with van der Waals surface area (Å²) in [6, 6.07) is 6.05. The van der Waals surface area contributed by atoms with Gasteiger partial charge in [-0.3, -0.25) is 0 Å². The molecular formula is C14H18BrN5. The average Bonchev–Trinajstić information content (AvgIpc) is 2.40. The van der Waals surface area contributed by atoms with Crippen LogP contribution < -0.4 is 10.6 Å². The predicted octanol–water partition coefficient (Wildman–Crippen LogP) is 3.75. The molecule has 0 saturated carbocycles. The minimum atomic E-state index is 0.475. The maximum Gasteiger partial charge on any atom is 0.249 e. The highest BCUT2D eigenvalue weighted by Gasteiger charge is 2.05. The SMILES string of the molecule is Cc1ccc(Nc2nncc(NCC(C)C)n2)c(Br)c1. The molecule has 2 rings (SSSR count). The van der Waals surface area contributed by atoms with Crippen molar-refractivity contribution in [1.29, 1.82) is 0 Å². The fraction of sp³-hybridized carbons (Fsp3) is 0.357. The number of aromatic nitrogens is 3. The van der Waals surface area contributed by atoms with Crippen molar-refractivity contribution in [3.8, 4) is 0 Å². The zero-order chi connectivity index (χ0) is 14.5. The number of hydrogen-bond donors (Lipinski definition) is 2. The van der Waals surface area contributed by atoms with Gasteiger partial charge in [0.05, 0.1) is 11.9 Å². The molecule has 2 N–H and O–H groups in total.